The van der Waals surface area contributed by atoms with Crippen molar-refractivity contribution >= 4 is 64.3 Å². The highest BCUT2D eigenvalue weighted by Crippen LogP contribution is 2.31. The second-order valence-electron chi connectivity index (χ2n) is 21.7. The zero-order valence-corrected chi connectivity index (χ0v) is 49.3. The Balaban J connectivity index is 1.06. The first-order chi connectivity index (χ1) is 38.2. The van der Waals surface area contributed by atoms with Crippen LogP contribution in [0, 0.1) is 17.8 Å². The summed E-state index contributed by atoms with van der Waals surface area (Å²) in [6.07, 6.45) is 4.19. The molecule has 3 heterocycles. The van der Waals surface area contributed by atoms with Crippen molar-refractivity contribution in [2.75, 3.05) is 66.1 Å². The minimum Gasteiger partial charge on any atom is -0.379 e. The highest BCUT2D eigenvalue weighted by atomic mass is 32.1. The Labute approximate surface area is 476 Å². The fourth-order valence-corrected chi connectivity index (χ4v) is 10.9. The molecule has 0 saturated carbocycles. The van der Waals surface area contributed by atoms with Gasteiger partial charge in [0.15, 0.2) is 0 Å². The average Bonchev–Trinajstić information content (AvgIpc) is 4.20. The third-order valence-corrected chi connectivity index (χ3v) is 16.1. The Morgan fingerprint density at radius 1 is 0.825 bits per heavy atom. The van der Waals surface area contributed by atoms with Crippen molar-refractivity contribution in [3.8, 4) is 0 Å². The van der Waals surface area contributed by atoms with Crippen LogP contribution in [-0.2, 0) is 70.1 Å². The van der Waals surface area contributed by atoms with Gasteiger partial charge in [0.05, 0.1) is 75.5 Å². The number of anilines is 1. The molecule has 8 unspecified atom stereocenters. The van der Waals surface area contributed by atoms with Gasteiger partial charge in [-0.3, -0.25) is 43.3 Å². The van der Waals surface area contributed by atoms with Gasteiger partial charge in [-0.1, -0.05) is 83.5 Å². The number of likely N-dealkylation sites (tertiary alicyclic amines) is 2. The van der Waals surface area contributed by atoms with E-state index >= 15 is 0 Å². The number of nitrogens with zero attached hydrogens (tertiary/aromatic N) is 4. The van der Waals surface area contributed by atoms with Gasteiger partial charge in [-0.15, -0.1) is 11.3 Å². The molecule has 4 N–H and O–H groups in total. The van der Waals surface area contributed by atoms with Crippen LogP contribution in [0.1, 0.15) is 122 Å². The van der Waals surface area contributed by atoms with Gasteiger partial charge < -0.3 is 50.0 Å². The van der Waals surface area contributed by atoms with Crippen molar-refractivity contribution in [1.29, 1.82) is 0 Å². The minimum atomic E-state index is -1.40. The first-order valence-corrected chi connectivity index (χ1v) is 28.9. The van der Waals surface area contributed by atoms with Crippen LogP contribution in [0.2, 0.25) is 0 Å². The maximum absolute atomic E-state index is 14.6. The van der Waals surface area contributed by atoms with Crippen molar-refractivity contribution < 1.29 is 57.3 Å². The average molecular weight is 1130 g/mol. The monoisotopic (exact) mass is 1130 g/mol. The van der Waals surface area contributed by atoms with Crippen LogP contribution < -0.4 is 21.3 Å². The molecule has 0 bridgehead atoms. The van der Waals surface area contributed by atoms with E-state index in [1.54, 1.807) is 56.1 Å². The zero-order chi connectivity index (χ0) is 58.5. The van der Waals surface area contributed by atoms with Crippen molar-refractivity contribution in [3.63, 3.8) is 0 Å². The number of aromatic nitrogens is 1. The van der Waals surface area contributed by atoms with Gasteiger partial charge in [-0.05, 0) is 74.6 Å². The zero-order valence-electron chi connectivity index (χ0n) is 48.5. The van der Waals surface area contributed by atoms with E-state index in [4.69, 9.17) is 18.9 Å². The van der Waals surface area contributed by atoms with Crippen LogP contribution in [-0.4, -0.2) is 164 Å². The summed E-state index contributed by atoms with van der Waals surface area (Å²) in [5.74, 6) is -3.37. The van der Waals surface area contributed by atoms with Gasteiger partial charge in [0, 0.05) is 70.9 Å². The molecule has 8 atom stereocenters. The standard InChI is InChI=1S/C59H86N8O12S/c1-11-39(4)53(46(76-9)37-51(72)66-29-15-18-45(66)54(77-10)40(5)55(73)62-44(56-60-28-35-80-56)36-42-16-13-12-14-17-42)65(8)57(74)52(38(2)3)63-58(75)59(6,7)64-48(69)27-32-79-34-33-78-31-26-47(68)61-43-22-19-41(20-23-43)21-24-49(70)67-30-25-50(67)71/h12-14,16-17,19-20,22-23,28,35,38-40,44-46,52-54H,11,15,18,21,24-27,29-34,36-37H2,1-10H3,(H,61,68)(H,62,73)(H,63,75)(H,64,69). The van der Waals surface area contributed by atoms with Gasteiger partial charge >= 0.3 is 0 Å². The number of hydrogen-bond donors (Lipinski definition) is 4. The number of benzene rings is 2. The van der Waals surface area contributed by atoms with Crippen LogP contribution in [0.4, 0.5) is 5.69 Å². The summed E-state index contributed by atoms with van der Waals surface area (Å²) >= 11 is 1.48. The molecule has 0 spiro atoms. The normalized spacial score (nSPS) is 17.1. The lowest BCUT2D eigenvalue weighted by Gasteiger charge is -2.41. The smallest absolute Gasteiger partial charge is 0.245 e. The topological polar surface area (TPSA) is 244 Å². The molecule has 8 amide bonds. The number of β-lactam (4-membered cyclic amide) rings is 1. The van der Waals surface area contributed by atoms with Gasteiger partial charge in [-0.2, -0.15) is 0 Å². The van der Waals surface area contributed by atoms with Gasteiger partial charge in [0.2, 0.25) is 47.3 Å². The Kier molecular flexibility index (Phi) is 25.7. The molecular weight excluding hydrogens is 1040 g/mol. The van der Waals surface area contributed by atoms with Gasteiger partial charge in [0.1, 0.15) is 16.6 Å². The van der Waals surface area contributed by atoms with E-state index in [0.29, 0.717) is 50.9 Å². The first-order valence-electron chi connectivity index (χ1n) is 28.0. The fourth-order valence-electron chi connectivity index (χ4n) is 10.2. The molecular formula is C59H86N8O12S. The molecule has 20 nitrogen and oxygen atoms in total. The Morgan fingerprint density at radius 3 is 2.08 bits per heavy atom. The predicted molar refractivity (Wildman–Crippen MR) is 304 cm³/mol. The second-order valence-corrected chi connectivity index (χ2v) is 22.7. The number of methoxy groups -OCH3 is 2. The largest absolute Gasteiger partial charge is 0.379 e. The Hall–Kier alpha value is -6.13. The van der Waals surface area contributed by atoms with Crippen LogP contribution in [0.15, 0.2) is 66.2 Å². The number of aryl methyl sites for hydroxylation is 1. The van der Waals surface area contributed by atoms with Gasteiger partial charge in [-0.25, -0.2) is 4.98 Å². The molecule has 0 radical (unpaired) electrons. The molecule has 2 saturated heterocycles. The summed E-state index contributed by atoms with van der Waals surface area (Å²) in [6, 6.07) is 14.8. The summed E-state index contributed by atoms with van der Waals surface area (Å²) in [5, 5.41) is 14.4. The van der Waals surface area contributed by atoms with Crippen molar-refractivity contribution in [3.05, 3.63) is 82.3 Å². The van der Waals surface area contributed by atoms with Crippen LogP contribution in [0.25, 0.3) is 0 Å². The third-order valence-electron chi connectivity index (χ3n) is 15.2. The predicted octanol–water partition coefficient (Wildman–Crippen LogP) is 5.64. The minimum absolute atomic E-state index is 0.0383. The number of thiazole rings is 1. The number of amides is 8. The molecule has 2 aliphatic heterocycles. The molecule has 2 aliphatic rings. The molecule has 1 aromatic heterocycles. The molecule has 80 heavy (non-hydrogen) atoms. The fraction of sp³-hybridized carbons (Fsp3) is 0.610. The molecule has 2 fully saturated rings. The van der Waals surface area contributed by atoms with E-state index < -0.39 is 47.6 Å². The van der Waals surface area contributed by atoms with Crippen molar-refractivity contribution in [2.45, 2.75) is 155 Å². The van der Waals surface area contributed by atoms with Crippen molar-refractivity contribution in [2.24, 2.45) is 17.8 Å². The third kappa shape index (κ3) is 18.7. The SMILES string of the molecule is CCC(C)C(C(CC(=O)N1CCCC1C(OC)C(C)C(=O)NC(Cc1ccccc1)c1nccs1)OC)N(C)C(=O)C(NC(=O)C(C)(C)NC(=O)CCOCCOCCC(=O)Nc1ccc(CCC(=O)N2CCC2=O)cc1)C(C)C. The number of carbonyl (C=O) groups excluding carboxylic acids is 8. The molecule has 0 aliphatic carbocycles. The lowest BCUT2D eigenvalue weighted by atomic mass is 9.89. The van der Waals surface area contributed by atoms with Crippen LogP contribution >= 0.6 is 11.3 Å². The number of hydrogen-bond acceptors (Lipinski definition) is 14. The molecule has 2 aromatic carbocycles. The van der Waals surface area contributed by atoms with Crippen LogP contribution in [0.3, 0.4) is 0 Å². The van der Waals surface area contributed by atoms with Gasteiger partial charge in [0.25, 0.3) is 0 Å². The summed E-state index contributed by atoms with van der Waals surface area (Å²) in [6.45, 7) is 14.1. The number of likely N-dealkylation sites (N-methyl/N-ethyl adjacent to an activating group) is 1. The van der Waals surface area contributed by atoms with E-state index in [9.17, 15) is 38.4 Å². The summed E-state index contributed by atoms with van der Waals surface area (Å²) in [7, 11) is 4.76. The summed E-state index contributed by atoms with van der Waals surface area (Å²) < 4.78 is 23.3. The second kappa shape index (κ2) is 31.8. The van der Waals surface area contributed by atoms with Crippen LogP contribution in [0.5, 0.6) is 0 Å². The first kappa shape index (κ1) is 64.7. The number of carbonyl (C=O) groups is 8. The highest BCUT2D eigenvalue weighted by Gasteiger charge is 2.44. The van der Waals surface area contributed by atoms with E-state index in [2.05, 4.69) is 26.3 Å². The number of imide groups is 1. The highest BCUT2D eigenvalue weighted by molar-refractivity contribution is 7.09. The summed E-state index contributed by atoms with van der Waals surface area (Å²) in [5.41, 5.74) is 1.19. The number of nitrogens with one attached hydrogen (secondary N) is 4. The lowest BCUT2D eigenvalue weighted by molar-refractivity contribution is -0.152. The summed E-state index contributed by atoms with van der Waals surface area (Å²) in [4.78, 5) is 115. The molecule has 5 rings (SSSR count). The molecule has 440 valence electrons. The van der Waals surface area contributed by atoms with E-state index in [0.717, 1.165) is 22.6 Å². The van der Waals surface area contributed by atoms with E-state index in [-0.39, 0.29) is 111 Å². The Morgan fingerprint density at radius 2 is 1.50 bits per heavy atom. The Bertz CT molecular complexity index is 2500. The van der Waals surface area contributed by atoms with E-state index in [1.165, 1.54) is 23.3 Å². The van der Waals surface area contributed by atoms with E-state index in [1.807, 2.05) is 82.5 Å². The maximum atomic E-state index is 14.6. The lowest BCUT2D eigenvalue weighted by Crippen LogP contribution is -2.62. The molecule has 3 aromatic rings. The molecule has 21 heteroatoms. The quantitative estimate of drug-likeness (QED) is 0.0427. The maximum Gasteiger partial charge on any atom is 0.245 e. The van der Waals surface area contributed by atoms with Crippen molar-refractivity contribution in [1.82, 2.24) is 35.6 Å². The number of ether oxygens (including phenoxy) is 4. The number of rotatable bonds is 33.